The number of nitrogens with one attached hydrogen (secondary N) is 2. The number of aromatic nitrogens is 2. The fourth-order valence-electron chi connectivity index (χ4n) is 3.68. The molecule has 0 spiro atoms. The first-order chi connectivity index (χ1) is 17.0. The quantitative estimate of drug-likeness (QED) is 0.287. The molecule has 2 amide bonds. The number of hydrogen-bond donors (Lipinski definition) is 2. The summed E-state index contributed by atoms with van der Waals surface area (Å²) in [7, 11) is 0. The number of carbonyl (C=O) groups is 1. The second-order valence-corrected chi connectivity index (χ2v) is 8.31. The van der Waals surface area contributed by atoms with Gasteiger partial charge in [0.2, 0.25) is 5.88 Å². The molecule has 0 unspecified atom stereocenters. The first-order valence-electron chi connectivity index (χ1n) is 11.3. The number of carbonyl (C=O) groups excluding carboxylic acids is 1. The lowest BCUT2D eigenvalue weighted by Crippen LogP contribution is -2.19. The van der Waals surface area contributed by atoms with Gasteiger partial charge >= 0.3 is 6.03 Å². The lowest BCUT2D eigenvalue weighted by atomic mass is 10.1. The van der Waals surface area contributed by atoms with Crippen LogP contribution in [0.1, 0.15) is 11.1 Å². The Balaban J connectivity index is 1.38. The number of anilines is 2. The van der Waals surface area contributed by atoms with Crippen LogP contribution < -0.4 is 15.4 Å². The molecule has 1 heterocycles. The Morgan fingerprint density at radius 1 is 0.714 bits per heavy atom. The second kappa shape index (κ2) is 9.65. The first kappa shape index (κ1) is 22.1. The molecule has 0 aliphatic rings. The summed E-state index contributed by atoms with van der Waals surface area (Å²) >= 11 is 0. The van der Waals surface area contributed by atoms with Gasteiger partial charge in [0.05, 0.1) is 10.9 Å². The summed E-state index contributed by atoms with van der Waals surface area (Å²) in [4.78, 5) is 21.8. The maximum atomic E-state index is 12.3. The van der Waals surface area contributed by atoms with E-state index < -0.39 is 0 Å². The van der Waals surface area contributed by atoms with Crippen LogP contribution in [0.4, 0.5) is 16.2 Å². The molecular weight excluding hydrogens is 436 g/mol. The molecule has 0 saturated heterocycles. The van der Waals surface area contributed by atoms with Gasteiger partial charge in [0.25, 0.3) is 0 Å². The van der Waals surface area contributed by atoms with Crippen LogP contribution >= 0.6 is 0 Å². The van der Waals surface area contributed by atoms with Crippen molar-refractivity contribution < 1.29 is 9.53 Å². The molecular formula is C29H24N4O2. The van der Waals surface area contributed by atoms with Crippen molar-refractivity contribution >= 4 is 28.3 Å². The lowest BCUT2D eigenvalue weighted by molar-refractivity contribution is 0.262. The number of rotatable bonds is 5. The van der Waals surface area contributed by atoms with Gasteiger partial charge in [-0.25, -0.2) is 9.78 Å². The number of aryl methyl sites for hydroxylation is 2. The Labute approximate surface area is 203 Å². The molecule has 0 aliphatic carbocycles. The van der Waals surface area contributed by atoms with Gasteiger partial charge in [-0.1, -0.05) is 42.0 Å². The van der Waals surface area contributed by atoms with Crippen LogP contribution in [0.25, 0.3) is 22.3 Å². The average Bonchev–Trinajstić information content (AvgIpc) is 2.86. The number of para-hydroxylation sites is 1. The molecule has 0 bridgehead atoms. The third-order valence-corrected chi connectivity index (χ3v) is 5.48. The summed E-state index contributed by atoms with van der Waals surface area (Å²) in [5.74, 6) is 1.76. The largest absolute Gasteiger partial charge is 0.438 e. The number of fused-ring (bicyclic) bond motifs is 1. The third-order valence-electron chi connectivity index (χ3n) is 5.48. The summed E-state index contributed by atoms with van der Waals surface area (Å²) < 4.78 is 6.16. The fraction of sp³-hybridized carbons (Fsp3) is 0.0690. The van der Waals surface area contributed by atoms with Crippen molar-refractivity contribution in [3.63, 3.8) is 0 Å². The predicted octanol–water partition coefficient (Wildman–Crippen LogP) is 7.35. The Hall–Kier alpha value is -4.71. The topological polar surface area (TPSA) is 76.1 Å². The van der Waals surface area contributed by atoms with Gasteiger partial charge in [-0.15, -0.1) is 0 Å². The summed E-state index contributed by atoms with van der Waals surface area (Å²) in [6.45, 7) is 4.02. The Bertz CT molecular complexity index is 1500. The van der Waals surface area contributed by atoms with Gasteiger partial charge in [-0.3, -0.25) is 0 Å². The van der Waals surface area contributed by atoms with Crippen molar-refractivity contribution in [2.75, 3.05) is 10.6 Å². The normalized spacial score (nSPS) is 10.7. The molecule has 0 fully saturated rings. The van der Waals surface area contributed by atoms with Crippen LogP contribution in [0.2, 0.25) is 0 Å². The maximum absolute atomic E-state index is 12.3. The molecule has 0 radical (unpaired) electrons. The van der Waals surface area contributed by atoms with Crippen LogP contribution in [0.15, 0.2) is 97.1 Å². The van der Waals surface area contributed by atoms with Crippen molar-refractivity contribution in [2.45, 2.75) is 13.8 Å². The van der Waals surface area contributed by atoms with Crippen molar-refractivity contribution in [3.8, 4) is 23.0 Å². The zero-order valence-electron chi connectivity index (χ0n) is 19.4. The van der Waals surface area contributed by atoms with Crippen LogP contribution in [-0.4, -0.2) is 16.0 Å². The summed E-state index contributed by atoms with van der Waals surface area (Å²) in [5.41, 5.74) is 5.24. The van der Waals surface area contributed by atoms with Crippen molar-refractivity contribution in [3.05, 3.63) is 108 Å². The van der Waals surface area contributed by atoms with Gasteiger partial charge in [0.1, 0.15) is 5.75 Å². The Morgan fingerprint density at radius 3 is 2.11 bits per heavy atom. The van der Waals surface area contributed by atoms with Gasteiger partial charge in [-0.05, 0) is 80.1 Å². The summed E-state index contributed by atoms with van der Waals surface area (Å²) in [5, 5.41) is 6.51. The Morgan fingerprint density at radius 2 is 1.40 bits per heavy atom. The Kier molecular flexibility index (Phi) is 6.09. The highest BCUT2D eigenvalue weighted by Crippen LogP contribution is 2.30. The number of hydrogen-bond acceptors (Lipinski definition) is 4. The van der Waals surface area contributed by atoms with E-state index in [0.29, 0.717) is 17.4 Å². The van der Waals surface area contributed by atoms with E-state index in [0.717, 1.165) is 39.0 Å². The van der Waals surface area contributed by atoms with Crippen molar-refractivity contribution in [2.24, 2.45) is 0 Å². The number of urea groups is 1. The number of ether oxygens (including phenoxy) is 1. The SMILES string of the molecule is Cc1ccc(NC(=O)Nc2ccc(-c3nc(Oc4cccc(C)c4)c4ccccc4n3)cc2)cc1. The van der Waals surface area contributed by atoms with Crippen LogP contribution in [-0.2, 0) is 0 Å². The highest BCUT2D eigenvalue weighted by molar-refractivity contribution is 5.99. The molecule has 6 heteroatoms. The first-order valence-corrected chi connectivity index (χ1v) is 11.3. The van der Waals surface area contributed by atoms with E-state index in [2.05, 4.69) is 10.6 Å². The minimum Gasteiger partial charge on any atom is -0.438 e. The van der Waals surface area contributed by atoms with Gasteiger partial charge in [-0.2, -0.15) is 4.98 Å². The zero-order chi connectivity index (χ0) is 24.2. The lowest BCUT2D eigenvalue weighted by Gasteiger charge is -2.11. The minimum atomic E-state index is -0.308. The van der Waals surface area contributed by atoms with Gasteiger partial charge < -0.3 is 15.4 Å². The predicted molar refractivity (Wildman–Crippen MR) is 140 cm³/mol. The molecule has 1 aromatic heterocycles. The number of benzene rings is 4. The van der Waals surface area contributed by atoms with Gasteiger partial charge in [0.15, 0.2) is 5.82 Å². The average molecular weight is 461 g/mol. The molecule has 0 atom stereocenters. The monoisotopic (exact) mass is 460 g/mol. The second-order valence-electron chi connectivity index (χ2n) is 8.31. The van der Waals surface area contributed by atoms with Crippen LogP contribution in [0.5, 0.6) is 11.6 Å². The van der Waals surface area contributed by atoms with Crippen LogP contribution in [0.3, 0.4) is 0 Å². The van der Waals surface area contributed by atoms with Crippen molar-refractivity contribution in [1.29, 1.82) is 0 Å². The van der Waals surface area contributed by atoms with E-state index >= 15 is 0 Å². The molecule has 4 aromatic carbocycles. The molecule has 35 heavy (non-hydrogen) atoms. The smallest absolute Gasteiger partial charge is 0.323 e. The number of amides is 2. The van der Waals surface area contributed by atoms with E-state index in [1.165, 1.54) is 0 Å². The van der Waals surface area contributed by atoms with Crippen LogP contribution in [0, 0.1) is 13.8 Å². The fourth-order valence-corrected chi connectivity index (χ4v) is 3.68. The van der Waals surface area contributed by atoms with Gasteiger partial charge in [0, 0.05) is 16.9 Å². The number of nitrogens with zero attached hydrogens (tertiary/aromatic N) is 2. The molecule has 5 aromatic rings. The highest BCUT2D eigenvalue weighted by atomic mass is 16.5. The highest BCUT2D eigenvalue weighted by Gasteiger charge is 2.12. The molecule has 6 nitrogen and oxygen atoms in total. The van der Waals surface area contributed by atoms with E-state index in [1.54, 1.807) is 0 Å². The third kappa shape index (κ3) is 5.28. The minimum absolute atomic E-state index is 0.308. The summed E-state index contributed by atoms with van der Waals surface area (Å²) in [6, 6.07) is 30.3. The standard InChI is InChI=1S/C29H24N4O2/c1-19-10-14-22(15-11-19)30-29(34)31-23-16-12-21(13-17-23)27-32-26-9-4-3-8-25(26)28(33-27)35-24-7-5-6-20(2)18-24/h3-18H,1-2H3,(H2,30,31,34). The molecule has 5 rings (SSSR count). The maximum Gasteiger partial charge on any atom is 0.323 e. The van der Waals surface area contributed by atoms with Crippen molar-refractivity contribution in [1.82, 2.24) is 9.97 Å². The van der Waals surface area contributed by atoms with E-state index in [1.807, 2.05) is 111 Å². The van der Waals surface area contributed by atoms with E-state index in [-0.39, 0.29) is 6.03 Å². The van der Waals surface area contributed by atoms with E-state index in [9.17, 15) is 4.79 Å². The zero-order valence-corrected chi connectivity index (χ0v) is 19.4. The summed E-state index contributed by atoms with van der Waals surface area (Å²) in [6.07, 6.45) is 0. The molecule has 2 N–H and O–H groups in total. The molecule has 0 saturated carbocycles. The molecule has 0 aliphatic heterocycles. The molecule has 172 valence electrons. The van der Waals surface area contributed by atoms with E-state index in [4.69, 9.17) is 14.7 Å².